The largest absolute Gasteiger partial charge is 0.474 e. The van der Waals surface area contributed by atoms with E-state index in [1.807, 2.05) is 0 Å². The lowest BCUT2D eigenvalue weighted by Gasteiger charge is -2.31. The SMILES string of the molecule is COC(=O)Nc1ccc(S(=O)(=O)N2CCC(Oc3cccc(F)n3)CC2)cc1. The van der Waals surface area contributed by atoms with Gasteiger partial charge < -0.3 is 9.47 Å². The number of benzene rings is 1. The number of carbonyl (C=O) groups excluding carboxylic acids is 1. The van der Waals surface area contributed by atoms with Gasteiger partial charge in [-0.15, -0.1) is 0 Å². The maximum absolute atomic E-state index is 13.1. The summed E-state index contributed by atoms with van der Waals surface area (Å²) in [7, 11) is -2.42. The van der Waals surface area contributed by atoms with Crippen LogP contribution in [0.1, 0.15) is 12.8 Å². The van der Waals surface area contributed by atoms with Gasteiger partial charge in [-0.2, -0.15) is 13.7 Å². The van der Waals surface area contributed by atoms with E-state index < -0.39 is 22.1 Å². The Morgan fingerprint density at radius 3 is 2.46 bits per heavy atom. The standard InChI is InChI=1S/C18H20FN3O5S/c1-26-18(23)20-13-5-7-15(8-6-13)28(24,25)22-11-9-14(10-12-22)27-17-4-2-3-16(19)21-17/h2-8,14H,9-12H2,1H3,(H,20,23). The van der Waals surface area contributed by atoms with Crippen molar-refractivity contribution in [3.8, 4) is 5.88 Å². The minimum Gasteiger partial charge on any atom is -0.474 e. The van der Waals surface area contributed by atoms with Gasteiger partial charge in [-0.05, 0) is 43.2 Å². The van der Waals surface area contributed by atoms with Crippen molar-refractivity contribution < 1.29 is 27.1 Å². The van der Waals surface area contributed by atoms with E-state index in [2.05, 4.69) is 15.0 Å². The second-order valence-corrected chi connectivity index (χ2v) is 8.10. The first kappa shape index (κ1) is 20.0. The minimum atomic E-state index is -3.66. The Morgan fingerprint density at radius 1 is 1.18 bits per heavy atom. The van der Waals surface area contributed by atoms with Crippen LogP contribution in [0.2, 0.25) is 0 Å². The second-order valence-electron chi connectivity index (χ2n) is 6.16. The predicted octanol–water partition coefficient (Wildman–Crippen LogP) is 2.63. The molecular weight excluding hydrogens is 389 g/mol. The quantitative estimate of drug-likeness (QED) is 0.763. The molecule has 150 valence electrons. The first-order chi connectivity index (χ1) is 13.4. The molecule has 1 fully saturated rings. The molecule has 0 bridgehead atoms. The topological polar surface area (TPSA) is 97.8 Å². The Hall–Kier alpha value is -2.72. The summed E-state index contributed by atoms with van der Waals surface area (Å²) < 4.78 is 50.2. The molecule has 0 atom stereocenters. The van der Waals surface area contributed by atoms with E-state index >= 15 is 0 Å². The Bertz CT molecular complexity index is 928. The number of carbonyl (C=O) groups is 1. The molecule has 2 aromatic rings. The number of hydrogen-bond donors (Lipinski definition) is 1. The fraction of sp³-hybridized carbons (Fsp3) is 0.333. The highest BCUT2D eigenvalue weighted by atomic mass is 32.2. The summed E-state index contributed by atoms with van der Waals surface area (Å²) in [6.45, 7) is 0.564. The van der Waals surface area contributed by atoms with Gasteiger partial charge in [-0.3, -0.25) is 5.32 Å². The molecule has 1 aliphatic heterocycles. The van der Waals surface area contributed by atoms with Crippen molar-refractivity contribution in [1.82, 2.24) is 9.29 Å². The van der Waals surface area contributed by atoms with Crippen molar-refractivity contribution in [2.75, 3.05) is 25.5 Å². The van der Waals surface area contributed by atoms with Gasteiger partial charge in [0.2, 0.25) is 21.9 Å². The molecule has 0 aliphatic carbocycles. The van der Waals surface area contributed by atoms with Gasteiger partial charge in [0.15, 0.2) is 0 Å². The molecule has 0 unspecified atom stereocenters. The van der Waals surface area contributed by atoms with Crippen molar-refractivity contribution >= 4 is 21.8 Å². The van der Waals surface area contributed by atoms with Crippen LogP contribution in [-0.2, 0) is 14.8 Å². The molecule has 1 aromatic carbocycles. The zero-order valence-electron chi connectivity index (χ0n) is 15.2. The number of hydrogen-bond acceptors (Lipinski definition) is 6. The molecule has 3 rings (SSSR count). The molecule has 1 amide bonds. The van der Waals surface area contributed by atoms with E-state index in [1.165, 1.54) is 47.8 Å². The second kappa shape index (κ2) is 8.53. The number of anilines is 1. The molecule has 1 N–H and O–H groups in total. The smallest absolute Gasteiger partial charge is 0.411 e. The number of rotatable bonds is 5. The number of nitrogens with zero attached hydrogens (tertiary/aromatic N) is 2. The molecule has 10 heteroatoms. The van der Waals surface area contributed by atoms with Crippen LogP contribution in [0.4, 0.5) is 14.9 Å². The van der Waals surface area contributed by atoms with E-state index in [4.69, 9.17) is 4.74 Å². The van der Waals surface area contributed by atoms with E-state index in [1.54, 1.807) is 6.07 Å². The molecule has 1 aromatic heterocycles. The Labute approximate surface area is 162 Å². The Balaban J connectivity index is 1.60. The highest BCUT2D eigenvalue weighted by molar-refractivity contribution is 7.89. The molecule has 0 radical (unpaired) electrons. The molecule has 0 spiro atoms. The molecule has 1 saturated heterocycles. The zero-order chi connectivity index (χ0) is 20.1. The summed E-state index contributed by atoms with van der Waals surface area (Å²) in [5, 5.41) is 2.46. The van der Waals surface area contributed by atoms with Crippen molar-refractivity contribution in [2.24, 2.45) is 0 Å². The molecule has 0 saturated carbocycles. The third kappa shape index (κ3) is 4.76. The van der Waals surface area contributed by atoms with Crippen molar-refractivity contribution in [1.29, 1.82) is 0 Å². The van der Waals surface area contributed by atoms with Crippen molar-refractivity contribution in [3.05, 3.63) is 48.4 Å². The normalized spacial score (nSPS) is 15.8. The number of sulfonamides is 1. The maximum atomic E-state index is 13.1. The van der Waals surface area contributed by atoms with Crippen LogP contribution >= 0.6 is 0 Å². The van der Waals surface area contributed by atoms with Gasteiger partial charge in [0.1, 0.15) is 6.10 Å². The van der Waals surface area contributed by atoms with Gasteiger partial charge in [-0.1, -0.05) is 6.07 Å². The van der Waals surface area contributed by atoms with Crippen LogP contribution in [0.3, 0.4) is 0 Å². The van der Waals surface area contributed by atoms with Crippen molar-refractivity contribution in [2.45, 2.75) is 23.8 Å². The molecule has 2 heterocycles. The first-order valence-electron chi connectivity index (χ1n) is 8.63. The van der Waals surface area contributed by atoms with Gasteiger partial charge in [0.25, 0.3) is 0 Å². The number of aromatic nitrogens is 1. The van der Waals surface area contributed by atoms with Crippen LogP contribution < -0.4 is 10.1 Å². The van der Waals surface area contributed by atoms with E-state index in [-0.39, 0.29) is 30.0 Å². The number of amides is 1. The summed E-state index contributed by atoms with van der Waals surface area (Å²) in [6, 6.07) is 10.2. The molecule has 28 heavy (non-hydrogen) atoms. The molecular formula is C18H20FN3O5S. The highest BCUT2D eigenvalue weighted by Gasteiger charge is 2.30. The van der Waals surface area contributed by atoms with Crippen LogP contribution in [0.15, 0.2) is 47.4 Å². The zero-order valence-corrected chi connectivity index (χ0v) is 16.0. The van der Waals surface area contributed by atoms with E-state index in [0.717, 1.165) is 0 Å². The molecule has 8 nitrogen and oxygen atoms in total. The number of pyridine rings is 1. The minimum absolute atomic E-state index is 0.133. The number of piperidine rings is 1. The molecule has 1 aliphatic rings. The summed E-state index contributed by atoms with van der Waals surface area (Å²) in [5.74, 6) is -0.433. The summed E-state index contributed by atoms with van der Waals surface area (Å²) in [5.41, 5.74) is 0.431. The van der Waals surface area contributed by atoms with Crippen LogP contribution in [0.25, 0.3) is 0 Å². The summed E-state index contributed by atoms with van der Waals surface area (Å²) >= 11 is 0. The fourth-order valence-corrected chi connectivity index (χ4v) is 4.31. The van der Waals surface area contributed by atoms with Gasteiger partial charge >= 0.3 is 6.09 Å². The fourth-order valence-electron chi connectivity index (χ4n) is 2.84. The van der Waals surface area contributed by atoms with Gasteiger partial charge in [-0.25, -0.2) is 13.2 Å². The number of nitrogens with one attached hydrogen (secondary N) is 1. The van der Waals surface area contributed by atoms with Crippen LogP contribution in [0.5, 0.6) is 5.88 Å². The summed E-state index contributed by atoms with van der Waals surface area (Å²) in [6.07, 6.45) is 0.0802. The monoisotopic (exact) mass is 409 g/mol. The Kier molecular flexibility index (Phi) is 6.10. The average molecular weight is 409 g/mol. The van der Waals surface area contributed by atoms with Crippen LogP contribution in [0, 0.1) is 5.95 Å². The van der Waals surface area contributed by atoms with Gasteiger partial charge in [0.05, 0.1) is 12.0 Å². The van der Waals surface area contributed by atoms with E-state index in [0.29, 0.717) is 18.5 Å². The van der Waals surface area contributed by atoms with E-state index in [9.17, 15) is 17.6 Å². The number of ether oxygens (including phenoxy) is 2. The lowest BCUT2D eigenvalue weighted by Crippen LogP contribution is -2.41. The van der Waals surface area contributed by atoms with Gasteiger partial charge in [0, 0.05) is 24.8 Å². The van der Waals surface area contributed by atoms with Crippen molar-refractivity contribution in [3.63, 3.8) is 0 Å². The maximum Gasteiger partial charge on any atom is 0.411 e. The lowest BCUT2D eigenvalue weighted by molar-refractivity contribution is 0.128. The first-order valence-corrected chi connectivity index (χ1v) is 10.1. The van der Waals surface area contributed by atoms with Crippen LogP contribution in [-0.4, -0.2) is 50.1 Å². The third-order valence-corrected chi connectivity index (χ3v) is 6.21. The third-order valence-electron chi connectivity index (χ3n) is 4.30. The average Bonchev–Trinajstić information content (AvgIpc) is 2.69. The lowest BCUT2D eigenvalue weighted by atomic mass is 10.1. The summed E-state index contributed by atoms with van der Waals surface area (Å²) in [4.78, 5) is 15.0. The highest BCUT2D eigenvalue weighted by Crippen LogP contribution is 2.24. The number of methoxy groups -OCH3 is 1. The Morgan fingerprint density at radius 2 is 1.86 bits per heavy atom. The number of halogens is 1. The predicted molar refractivity (Wildman–Crippen MR) is 99.1 cm³/mol.